The van der Waals surface area contributed by atoms with E-state index in [9.17, 15) is 18.4 Å². The van der Waals surface area contributed by atoms with Gasteiger partial charge >= 0.3 is 51.4 Å². The minimum absolute atomic E-state index is 0. The maximum atomic E-state index is 14.6. The first-order valence-corrected chi connectivity index (χ1v) is 26.5. The molecule has 4 rings (SSSR count). The van der Waals surface area contributed by atoms with E-state index in [0.717, 1.165) is 92.0 Å². The smallest absolute Gasteiger partial charge is 0.870 e. The number of piperidine rings is 1. The minimum Gasteiger partial charge on any atom is -0.870 e. The molecule has 3 atom stereocenters. The number of primary amides is 1. The van der Waals surface area contributed by atoms with E-state index in [1.165, 1.54) is 50.3 Å². The molecule has 0 bridgehead atoms. The van der Waals surface area contributed by atoms with Crippen molar-refractivity contribution >= 4 is 23.6 Å². The van der Waals surface area contributed by atoms with Crippen molar-refractivity contribution < 1.29 is 84.4 Å². The number of aryl methyl sites for hydroxylation is 1. The molecule has 0 aromatic heterocycles. The normalized spacial score (nSPS) is 17.0. The van der Waals surface area contributed by atoms with Crippen molar-refractivity contribution in [3.05, 3.63) is 118 Å². The Balaban J connectivity index is 0. The average molecular weight is 1080 g/mol. The molecule has 0 spiro atoms. The number of carbonyl (C=O) groups is 2. The topological polar surface area (TPSA) is 160 Å². The van der Waals surface area contributed by atoms with E-state index in [1.54, 1.807) is 20.4 Å². The molecule has 1 amide bonds. The van der Waals surface area contributed by atoms with Crippen LogP contribution in [-0.2, 0) is 16.1 Å². The molecule has 2 aromatic carbocycles. The molecule has 2 aliphatic rings. The monoisotopic (exact) mass is 1080 g/mol. The summed E-state index contributed by atoms with van der Waals surface area (Å²) in [5.41, 5.74) is 13.7. The molecule has 0 radical (unpaired) electrons. The fraction of sp³-hybridized carbons (Fsp3) is 0.593. The Bertz CT molecular complexity index is 2100. The van der Waals surface area contributed by atoms with E-state index in [0.29, 0.717) is 36.2 Å². The molecule has 3 unspecified atom stereocenters. The second-order valence-corrected chi connectivity index (χ2v) is 20.0. The number of rotatable bonds is 24. The average Bonchev–Trinajstić information content (AvgIpc) is 3.35. The maximum Gasteiger partial charge on any atom is 1.00 e. The van der Waals surface area contributed by atoms with Gasteiger partial charge in [0.15, 0.2) is 5.78 Å². The number of nitrogens with one attached hydrogen (secondary N) is 1. The third-order valence-electron chi connectivity index (χ3n) is 14.1. The number of piperazine rings is 1. The van der Waals surface area contributed by atoms with Gasteiger partial charge in [-0.2, -0.15) is 5.96 Å². The summed E-state index contributed by atoms with van der Waals surface area (Å²) < 4.78 is 44.0. The number of hydrogen-bond acceptors (Lipinski definition) is 10. The molecule has 2 heterocycles. The van der Waals surface area contributed by atoms with Crippen LogP contribution >= 0.6 is 0 Å². The number of ketones is 1. The first-order valence-electron chi connectivity index (χ1n) is 26.5. The Labute approximate surface area is 495 Å². The molecule has 16 heteroatoms. The van der Waals surface area contributed by atoms with Gasteiger partial charge in [-0.15, -0.1) is 10.9 Å². The van der Waals surface area contributed by atoms with Crippen LogP contribution in [0, 0.1) is 31.4 Å². The van der Waals surface area contributed by atoms with E-state index < -0.39 is 11.6 Å². The van der Waals surface area contributed by atoms with Gasteiger partial charge in [0.05, 0.1) is 20.2 Å². The number of nitrogens with zero attached hydrogens (tertiary/aromatic N) is 5. The molecule has 12 nitrogen and oxygen atoms in total. The van der Waals surface area contributed by atoms with Gasteiger partial charge in [-0.1, -0.05) is 70.9 Å². The fourth-order valence-electron chi connectivity index (χ4n) is 10.1. The number of methoxy groups -OCH3 is 1. The standard InChI is InChI=1S/C30H41F2N3O2.C27H48N4O.C2H6.FH2N.K.H2O/c1-20(14-21(2)25(8-11-33-5)16-27(34-6)15-22(3)37-7)19-35-12-9-24(10-13-35)30-28(31)17-26(23(4)36)18-29(30)32;1-8-11-23(12-9-2)20-30-16-15-29(18-22(30)5)19-24-14-13-21(4)26(17-24)31(6,7)25(10-3)27(28)32;2*1-2;;/h8,11,14-15,17-18,22,24,34H,2,9-10,12-13,16,19H2,1,3-7H3;13-14,17,22-23,25H,3,8-12,15-16,18-20H2,1-2,4-7H3,(H2,28,32);1-2H3;2H2;;1H2/q;;;;+1;/p-1/b20-14+,25-8-,27-15+,33-11?;;;;;. The third-order valence-corrected chi connectivity index (χ3v) is 14.1. The predicted molar refractivity (Wildman–Crippen MR) is 304 cm³/mol. The van der Waals surface area contributed by atoms with Crippen molar-refractivity contribution in [2.75, 3.05) is 81.1 Å². The number of amides is 1. The van der Waals surface area contributed by atoms with Gasteiger partial charge in [-0.3, -0.25) is 33.8 Å². The van der Waals surface area contributed by atoms with Crippen LogP contribution in [0.3, 0.4) is 0 Å². The van der Waals surface area contributed by atoms with Crippen molar-refractivity contribution in [1.82, 2.24) is 24.5 Å². The predicted octanol–water partition coefficient (Wildman–Crippen LogP) is 8.05. The van der Waals surface area contributed by atoms with Gasteiger partial charge in [0.25, 0.3) is 5.91 Å². The number of halogens is 3. The summed E-state index contributed by atoms with van der Waals surface area (Å²) in [5.74, 6) is 1.77. The quantitative estimate of drug-likeness (QED) is 0.0180. The summed E-state index contributed by atoms with van der Waals surface area (Å²) in [6.45, 7) is 34.6. The van der Waals surface area contributed by atoms with E-state index in [1.807, 2.05) is 40.0 Å². The number of likely N-dealkylation sites (tertiary alicyclic amines) is 1. The Morgan fingerprint density at radius 3 is 2.08 bits per heavy atom. The zero-order chi connectivity index (χ0) is 55.4. The number of Topliss-reactive ketones (excluding diaryl/α,β-unsaturated/α-hetero) is 1. The van der Waals surface area contributed by atoms with Gasteiger partial charge in [-0.25, -0.2) is 8.78 Å². The van der Waals surface area contributed by atoms with Crippen LogP contribution in [0.5, 0.6) is 0 Å². The van der Waals surface area contributed by atoms with Crippen LogP contribution in [0.15, 0.2) is 82.5 Å². The number of benzene rings is 2. The largest absolute Gasteiger partial charge is 1.00 e. The van der Waals surface area contributed by atoms with Crippen molar-refractivity contribution in [3.8, 4) is 0 Å². The summed E-state index contributed by atoms with van der Waals surface area (Å²) >= 11 is 0. The SMILES string of the molecule is C=C(/C=C(\C)CN1CCC(c2c(F)cc(C(C)=O)cc2F)CC1)/C(=C\C=NC)C/C(=C\C(C)OC)NC.CC.NF.[CH2-]CC(C(N)=O)[N+](C)(C)c1cc(CN2CCN(CC(CCC)CCC)C(C)C2)ccc1C.[K+].[OH-]. The van der Waals surface area contributed by atoms with Gasteiger partial charge in [0.2, 0.25) is 0 Å². The van der Waals surface area contributed by atoms with Crippen LogP contribution in [0.25, 0.3) is 0 Å². The number of nitrogens with two attached hydrogens (primary N) is 2. The van der Waals surface area contributed by atoms with Gasteiger partial charge in [0, 0.05) is 108 Å². The van der Waals surface area contributed by atoms with Crippen LogP contribution in [0.4, 0.5) is 18.9 Å². The van der Waals surface area contributed by atoms with Gasteiger partial charge < -0.3 is 28.2 Å². The minimum atomic E-state index is -0.624. The molecule has 2 aliphatic heterocycles. The van der Waals surface area contributed by atoms with Crippen molar-refractivity contribution in [2.45, 2.75) is 144 Å². The Morgan fingerprint density at radius 2 is 1.60 bits per heavy atom. The Kier molecular flexibility index (Phi) is 39.1. The van der Waals surface area contributed by atoms with Crippen LogP contribution in [-0.4, -0.2) is 137 Å². The van der Waals surface area contributed by atoms with Gasteiger partial charge in [0.1, 0.15) is 23.4 Å². The summed E-state index contributed by atoms with van der Waals surface area (Å²) in [5, 5.41) is 3.24. The zero-order valence-corrected chi connectivity index (χ0v) is 52.1. The molecule has 75 heavy (non-hydrogen) atoms. The molecule has 6 N–H and O–H groups in total. The summed E-state index contributed by atoms with van der Waals surface area (Å²) in [6, 6.07) is 9.27. The number of ether oxygens (including phenoxy) is 1. The number of aliphatic imine (C=N–C) groups is 1. The number of quaternary nitrogens is 1. The molecule has 0 aliphatic carbocycles. The molecule has 420 valence electrons. The van der Waals surface area contributed by atoms with Gasteiger partial charge in [-0.05, 0) is 126 Å². The summed E-state index contributed by atoms with van der Waals surface area (Å²) in [6.07, 6.45) is 15.6. The number of likely N-dealkylation sites (N-methyl/N-ethyl adjacent to an activating group) is 1. The fourth-order valence-corrected chi connectivity index (χ4v) is 10.1. The first kappa shape index (κ1) is 74.2. The molecular formula is C59H98F3KN8O4. The Hall–Kier alpha value is -2.84. The first-order chi connectivity index (χ1) is 34.7. The number of allylic oxidation sites excluding steroid dienone is 4. The maximum absolute atomic E-state index is 14.6. The van der Waals surface area contributed by atoms with E-state index >= 15 is 0 Å². The second kappa shape index (κ2) is 39.5. The van der Waals surface area contributed by atoms with Crippen molar-refractivity contribution in [3.63, 3.8) is 0 Å². The van der Waals surface area contributed by atoms with E-state index in [-0.39, 0.29) is 97.7 Å². The van der Waals surface area contributed by atoms with Crippen molar-refractivity contribution in [2.24, 2.45) is 22.6 Å². The molecule has 0 saturated carbocycles. The molecule has 2 fully saturated rings. The zero-order valence-electron chi connectivity index (χ0n) is 49.0. The summed E-state index contributed by atoms with van der Waals surface area (Å²) in [4.78, 5) is 35.2. The third kappa shape index (κ3) is 24.8. The van der Waals surface area contributed by atoms with Crippen LogP contribution in [0.2, 0.25) is 0 Å². The number of carbonyl (C=O) groups excluding carboxylic acids is 2. The second-order valence-electron chi connectivity index (χ2n) is 20.0. The molecule has 2 saturated heterocycles. The number of hydrogen-bond donors (Lipinski definition) is 3. The Morgan fingerprint density at radius 1 is 1.01 bits per heavy atom. The van der Waals surface area contributed by atoms with Crippen LogP contribution in [0.1, 0.15) is 140 Å². The van der Waals surface area contributed by atoms with E-state index in [4.69, 9.17) is 15.0 Å². The molecule has 2 aromatic rings. The van der Waals surface area contributed by atoms with E-state index in [2.05, 4.69) is 117 Å². The van der Waals surface area contributed by atoms with Crippen molar-refractivity contribution in [1.29, 1.82) is 0 Å². The molecular weight excluding hydrogens is 981 g/mol. The van der Waals surface area contributed by atoms with Crippen LogP contribution < -0.4 is 72.9 Å². The summed E-state index contributed by atoms with van der Waals surface area (Å²) in [7, 11) is 9.44.